The molecule has 0 N–H and O–H groups in total. The smallest absolute Gasteiger partial charge is 0.225 e. The van der Waals surface area contributed by atoms with Crippen molar-refractivity contribution in [3.05, 3.63) is 17.5 Å². The van der Waals surface area contributed by atoms with Crippen molar-refractivity contribution in [2.45, 2.75) is 32.7 Å². The molecule has 1 aromatic rings. The lowest BCUT2D eigenvalue weighted by Gasteiger charge is -2.30. The van der Waals surface area contributed by atoms with Crippen LogP contribution in [0, 0.1) is 0 Å². The zero-order valence-corrected chi connectivity index (χ0v) is 12.3. The maximum atomic E-state index is 5.38. The molecule has 5 nitrogen and oxygen atoms in total. The Balaban J connectivity index is 1.68. The number of morpholine rings is 1. The van der Waals surface area contributed by atoms with E-state index in [1.54, 1.807) is 0 Å². The predicted octanol–water partition coefficient (Wildman–Crippen LogP) is 1.47. The zero-order valence-electron chi connectivity index (χ0n) is 12.3. The minimum Gasteiger partial charge on any atom is -0.378 e. The number of anilines is 1. The second-order valence-electron chi connectivity index (χ2n) is 5.62. The highest BCUT2D eigenvalue weighted by molar-refractivity contribution is 5.34. The molecule has 0 spiro atoms. The molecule has 0 aromatic carbocycles. The number of hydrogen-bond acceptors (Lipinski definition) is 5. The zero-order chi connectivity index (χ0) is 13.8. The SMILES string of the molecule is CCCCN1CCc2nc(N3CCOCC3)ncc2C1. The van der Waals surface area contributed by atoms with E-state index in [9.17, 15) is 0 Å². The summed E-state index contributed by atoms with van der Waals surface area (Å²) in [6.07, 6.45) is 5.63. The van der Waals surface area contributed by atoms with Gasteiger partial charge in [0.25, 0.3) is 0 Å². The van der Waals surface area contributed by atoms with Gasteiger partial charge in [0.05, 0.1) is 18.9 Å². The average Bonchev–Trinajstić information content (AvgIpc) is 2.53. The Morgan fingerprint density at radius 1 is 1.25 bits per heavy atom. The van der Waals surface area contributed by atoms with Gasteiger partial charge in [0.15, 0.2) is 0 Å². The van der Waals surface area contributed by atoms with Gasteiger partial charge in [-0.25, -0.2) is 9.97 Å². The Bertz CT molecular complexity index is 445. The van der Waals surface area contributed by atoms with E-state index >= 15 is 0 Å². The van der Waals surface area contributed by atoms with Gasteiger partial charge in [-0.2, -0.15) is 0 Å². The van der Waals surface area contributed by atoms with Gasteiger partial charge in [-0.3, -0.25) is 4.90 Å². The van der Waals surface area contributed by atoms with Crippen LogP contribution in [0.25, 0.3) is 0 Å². The standard InChI is InChI=1S/C15H24N4O/c1-2-3-5-18-6-4-14-13(12-18)11-16-15(17-14)19-7-9-20-10-8-19/h11H,2-10,12H2,1H3. The summed E-state index contributed by atoms with van der Waals surface area (Å²) in [7, 11) is 0. The molecule has 0 saturated carbocycles. The summed E-state index contributed by atoms with van der Waals surface area (Å²) in [5.74, 6) is 0.883. The van der Waals surface area contributed by atoms with E-state index in [-0.39, 0.29) is 0 Å². The fourth-order valence-corrected chi connectivity index (χ4v) is 2.85. The predicted molar refractivity (Wildman–Crippen MR) is 79.0 cm³/mol. The van der Waals surface area contributed by atoms with Crippen LogP contribution in [-0.4, -0.2) is 54.3 Å². The molecule has 5 heteroatoms. The summed E-state index contributed by atoms with van der Waals surface area (Å²) in [4.78, 5) is 14.1. The molecule has 0 unspecified atom stereocenters. The van der Waals surface area contributed by atoms with Crippen LogP contribution in [0.2, 0.25) is 0 Å². The van der Waals surface area contributed by atoms with E-state index in [1.165, 1.54) is 30.6 Å². The highest BCUT2D eigenvalue weighted by atomic mass is 16.5. The summed E-state index contributed by atoms with van der Waals surface area (Å²) < 4.78 is 5.38. The molecule has 0 aliphatic carbocycles. The quantitative estimate of drug-likeness (QED) is 0.833. The van der Waals surface area contributed by atoms with E-state index in [4.69, 9.17) is 9.72 Å². The summed E-state index contributed by atoms with van der Waals surface area (Å²) in [6.45, 7) is 8.96. The monoisotopic (exact) mass is 276 g/mol. The molecule has 0 radical (unpaired) electrons. The van der Waals surface area contributed by atoms with Crippen LogP contribution in [0.3, 0.4) is 0 Å². The summed E-state index contributed by atoms with van der Waals surface area (Å²) in [5.41, 5.74) is 2.55. The maximum absolute atomic E-state index is 5.38. The Labute approximate surface area is 121 Å². The van der Waals surface area contributed by atoms with Crippen molar-refractivity contribution in [1.29, 1.82) is 0 Å². The third-order valence-electron chi connectivity index (χ3n) is 4.12. The van der Waals surface area contributed by atoms with Crippen molar-refractivity contribution >= 4 is 5.95 Å². The Kier molecular flexibility index (Phi) is 4.47. The summed E-state index contributed by atoms with van der Waals surface area (Å²) in [5, 5.41) is 0. The fourth-order valence-electron chi connectivity index (χ4n) is 2.85. The normalized spacial score (nSPS) is 19.9. The minimum atomic E-state index is 0.783. The molecule has 0 amide bonds. The molecule has 3 rings (SSSR count). The van der Waals surface area contributed by atoms with Gasteiger partial charge in [-0.15, -0.1) is 0 Å². The van der Waals surface area contributed by atoms with E-state index in [2.05, 4.69) is 21.7 Å². The van der Waals surface area contributed by atoms with Gasteiger partial charge in [-0.05, 0) is 13.0 Å². The molecule has 3 heterocycles. The molecular formula is C15H24N4O. The van der Waals surface area contributed by atoms with Crippen LogP contribution in [0.4, 0.5) is 5.95 Å². The lowest BCUT2D eigenvalue weighted by atomic mass is 10.1. The maximum Gasteiger partial charge on any atom is 0.225 e. The number of rotatable bonds is 4. The van der Waals surface area contributed by atoms with Crippen molar-refractivity contribution in [3.63, 3.8) is 0 Å². The molecule has 20 heavy (non-hydrogen) atoms. The molecule has 2 aliphatic rings. The van der Waals surface area contributed by atoms with Crippen LogP contribution in [-0.2, 0) is 17.7 Å². The summed E-state index contributed by atoms with van der Waals surface area (Å²) in [6, 6.07) is 0. The van der Waals surface area contributed by atoms with E-state index < -0.39 is 0 Å². The highest BCUT2D eigenvalue weighted by Crippen LogP contribution is 2.20. The molecular weight excluding hydrogens is 252 g/mol. The highest BCUT2D eigenvalue weighted by Gasteiger charge is 2.20. The molecule has 110 valence electrons. The van der Waals surface area contributed by atoms with Gasteiger partial charge in [0.2, 0.25) is 5.95 Å². The van der Waals surface area contributed by atoms with Crippen molar-refractivity contribution in [3.8, 4) is 0 Å². The average molecular weight is 276 g/mol. The molecule has 1 fully saturated rings. The molecule has 2 aliphatic heterocycles. The number of fused-ring (bicyclic) bond motifs is 1. The first kappa shape index (κ1) is 13.8. The Morgan fingerprint density at radius 3 is 2.90 bits per heavy atom. The number of nitrogens with zero attached hydrogens (tertiary/aromatic N) is 4. The number of unbranched alkanes of at least 4 members (excludes halogenated alkanes) is 1. The Hall–Kier alpha value is -1.20. The van der Waals surface area contributed by atoms with Gasteiger partial charge in [-0.1, -0.05) is 13.3 Å². The van der Waals surface area contributed by atoms with Crippen molar-refractivity contribution in [2.75, 3.05) is 44.3 Å². The molecule has 1 saturated heterocycles. The van der Waals surface area contributed by atoms with Gasteiger partial charge in [0, 0.05) is 44.4 Å². The molecule has 1 aromatic heterocycles. The number of aromatic nitrogens is 2. The van der Waals surface area contributed by atoms with E-state index in [0.29, 0.717) is 0 Å². The minimum absolute atomic E-state index is 0.783. The fraction of sp³-hybridized carbons (Fsp3) is 0.733. The van der Waals surface area contributed by atoms with Crippen LogP contribution < -0.4 is 4.90 Å². The van der Waals surface area contributed by atoms with Gasteiger partial charge >= 0.3 is 0 Å². The van der Waals surface area contributed by atoms with E-state index in [0.717, 1.165) is 51.8 Å². The van der Waals surface area contributed by atoms with Crippen LogP contribution in [0.1, 0.15) is 31.0 Å². The first-order chi connectivity index (χ1) is 9.86. The first-order valence-electron chi connectivity index (χ1n) is 7.76. The van der Waals surface area contributed by atoms with E-state index in [1.807, 2.05) is 6.20 Å². The summed E-state index contributed by atoms with van der Waals surface area (Å²) >= 11 is 0. The third-order valence-corrected chi connectivity index (χ3v) is 4.12. The van der Waals surface area contributed by atoms with Crippen molar-refractivity contribution in [2.24, 2.45) is 0 Å². The third kappa shape index (κ3) is 3.10. The molecule has 0 atom stereocenters. The first-order valence-corrected chi connectivity index (χ1v) is 7.76. The second-order valence-corrected chi connectivity index (χ2v) is 5.62. The van der Waals surface area contributed by atoms with Crippen LogP contribution >= 0.6 is 0 Å². The van der Waals surface area contributed by atoms with Crippen LogP contribution in [0.5, 0.6) is 0 Å². The molecule has 0 bridgehead atoms. The Morgan fingerprint density at radius 2 is 2.10 bits per heavy atom. The largest absolute Gasteiger partial charge is 0.378 e. The van der Waals surface area contributed by atoms with Crippen molar-refractivity contribution < 1.29 is 4.74 Å². The topological polar surface area (TPSA) is 41.5 Å². The number of hydrogen-bond donors (Lipinski definition) is 0. The lowest BCUT2D eigenvalue weighted by Crippen LogP contribution is -2.38. The second kappa shape index (κ2) is 6.50. The van der Waals surface area contributed by atoms with Crippen molar-refractivity contribution in [1.82, 2.24) is 14.9 Å². The number of ether oxygens (including phenoxy) is 1. The van der Waals surface area contributed by atoms with Gasteiger partial charge < -0.3 is 9.64 Å². The van der Waals surface area contributed by atoms with Crippen LogP contribution in [0.15, 0.2) is 6.20 Å². The lowest BCUT2D eigenvalue weighted by molar-refractivity contribution is 0.122. The van der Waals surface area contributed by atoms with Gasteiger partial charge in [0.1, 0.15) is 0 Å².